The highest BCUT2D eigenvalue weighted by molar-refractivity contribution is 7.80. The van der Waals surface area contributed by atoms with Gasteiger partial charge in [-0.05, 0) is 30.0 Å². The Hall–Kier alpha value is -0.470. The predicted octanol–water partition coefficient (Wildman–Crippen LogP) is 5.75. The van der Waals surface area contributed by atoms with Gasteiger partial charge in [0.05, 0.1) is 0 Å². The van der Waals surface area contributed by atoms with Crippen molar-refractivity contribution in [2.45, 2.75) is 76.2 Å². The fraction of sp³-hybridized carbons (Fsp3) is 0.667. The Morgan fingerprint density at radius 1 is 0.950 bits per heavy atom. The van der Waals surface area contributed by atoms with E-state index in [1.54, 1.807) is 0 Å². The second kappa shape index (κ2) is 10.3. The van der Waals surface area contributed by atoms with Gasteiger partial charge >= 0.3 is 0 Å². The summed E-state index contributed by atoms with van der Waals surface area (Å²) in [5.41, 5.74) is 7.47. The molecule has 1 rings (SSSR count). The average molecular weight is 294 g/mol. The van der Waals surface area contributed by atoms with Crippen molar-refractivity contribution in [3.05, 3.63) is 29.8 Å². The number of thiol groups is 1. The van der Waals surface area contributed by atoms with Gasteiger partial charge in [-0.3, -0.25) is 0 Å². The molecular weight excluding hydrogens is 262 g/mol. The number of rotatable bonds is 10. The van der Waals surface area contributed by atoms with Crippen LogP contribution in [0.5, 0.6) is 0 Å². The van der Waals surface area contributed by atoms with Gasteiger partial charge in [0.2, 0.25) is 0 Å². The van der Waals surface area contributed by atoms with Crippen LogP contribution in [0.15, 0.2) is 29.2 Å². The first kappa shape index (κ1) is 17.6. The smallest absolute Gasteiger partial charge is 0.0294 e. The third kappa shape index (κ3) is 7.35. The molecule has 0 bridgehead atoms. The quantitative estimate of drug-likeness (QED) is 0.417. The van der Waals surface area contributed by atoms with E-state index in [1.807, 2.05) is 12.1 Å². The molecule has 0 amide bonds. The number of benzene rings is 1. The summed E-state index contributed by atoms with van der Waals surface area (Å²) < 4.78 is 0. The number of hydrogen-bond acceptors (Lipinski definition) is 2. The van der Waals surface area contributed by atoms with Crippen LogP contribution in [-0.2, 0) is 0 Å². The van der Waals surface area contributed by atoms with Gasteiger partial charge in [0.25, 0.3) is 0 Å². The van der Waals surface area contributed by atoms with Crippen molar-refractivity contribution in [2.75, 3.05) is 0 Å². The molecule has 0 saturated heterocycles. The molecule has 0 aliphatic carbocycles. The molecule has 0 saturated carbocycles. The zero-order chi connectivity index (χ0) is 14.8. The third-order valence-corrected chi connectivity index (χ3v) is 4.38. The fourth-order valence-electron chi connectivity index (χ4n) is 2.63. The minimum Gasteiger partial charge on any atom is -0.324 e. The van der Waals surface area contributed by atoms with Crippen LogP contribution >= 0.6 is 12.6 Å². The second-order valence-electron chi connectivity index (χ2n) is 6.08. The minimum absolute atomic E-state index is 0.180. The monoisotopic (exact) mass is 293 g/mol. The molecule has 0 spiro atoms. The van der Waals surface area contributed by atoms with Gasteiger partial charge in [0.1, 0.15) is 0 Å². The largest absolute Gasteiger partial charge is 0.324 e. The first-order valence-electron chi connectivity index (χ1n) is 8.18. The lowest BCUT2D eigenvalue weighted by atomic mass is 9.95. The average Bonchev–Trinajstić information content (AvgIpc) is 2.44. The molecule has 20 heavy (non-hydrogen) atoms. The molecule has 0 heterocycles. The summed E-state index contributed by atoms with van der Waals surface area (Å²) in [5.74, 6) is 0.876. The van der Waals surface area contributed by atoms with E-state index >= 15 is 0 Å². The lowest BCUT2D eigenvalue weighted by Gasteiger charge is -2.14. The molecule has 0 radical (unpaired) electrons. The summed E-state index contributed by atoms with van der Waals surface area (Å²) in [6.07, 6.45) is 10.5. The predicted molar refractivity (Wildman–Crippen MR) is 92.4 cm³/mol. The Kier molecular flexibility index (Phi) is 9.04. The van der Waals surface area contributed by atoms with E-state index in [1.165, 1.54) is 50.5 Å². The lowest BCUT2D eigenvalue weighted by Crippen LogP contribution is -2.10. The van der Waals surface area contributed by atoms with E-state index in [2.05, 4.69) is 38.6 Å². The van der Waals surface area contributed by atoms with E-state index in [9.17, 15) is 0 Å². The maximum Gasteiger partial charge on any atom is 0.0294 e. The highest BCUT2D eigenvalue weighted by Gasteiger charge is 2.06. The van der Waals surface area contributed by atoms with Crippen LogP contribution < -0.4 is 5.73 Å². The molecule has 1 aromatic carbocycles. The van der Waals surface area contributed by atoms with Gasteiger partial charge in [-0.2, -0.15) is 0 Å². The molecule has 1 aromatic rings. The van der Waals surface area contributed by atoms with Gasteiger partial charge in [-0.1, -0.05) is 70.9 Å². The summed E-state index contributed by atoms with van der Waals surface area (Å²) in [6.45, 7) is 4.66. The molecule has 2 atom stereocenters. The molecular formula is C18H31NS. The van der Waals surface area contributed by atoms with Gasteiger partial charge in [-0.15, -0.1) is 12.6 Å². The van der Waals surface area contributed by atoms with Crippen molar-refractivity contribution in [1.29, 1.82) is 0 Å². The van der Waals surface area contributed by atoms with Crippen LogP contribution in [0.1, 0.15) is 76.8 Å². The van der Waals surface area contributed by atoms with E-state index in [0.29, 0.717) is 0 Å². The summed E-state index contributed by atoms with van der Waals surface area (Å²) in [7, 11) is 0. The van der Waals surface area contributed by atoms with E-state index < -0.39 is 0 Å². The highest BCUT2D eigenvalue weighted by Crippen LogP contribution is 2.21. The molecule has 2 N–H and O–H groups in total. The lowest BCUT2D eigenvalue weighted by molar-refractivity contribution is 0.433. The van der Waals surface area contributed by atoms with E-state index in [4.69, 9.17) is 5.73 Å². The molecule has 0 fully saturated rings. The van der Waals surface area contributed by atoms with Gasteiger partial charge in [0, 0.05) is 10.9 Å². The number of hydrogen-bond donors (Lipinski definition) is 2. The van der Waals surface area contributed by atoms with Crippen molar-refractivity contribution in [2.24, 2.45) is 11.7 Å². The van der Waals surface area contributed by atoms with Gasteiger partial charge < -0.3 is 5.73 Å². The van der Waals surface area contributed by atoms with Gasteiger partial charge in [0.15, 0.2) is 0 Å². The summed E-state index contributed by atoms with van der Waals surface area (Å²) in [4.78, 5) is 1.00. The highest BCUT2D eigenvalue weighted by atomic mass is 32.1. The zero-order valence-electron chi connectivity index (χ0n) is 13.1. The summed E-state index contributed by atoms with van der Waals surface area (Å²) in [6, 6.07) is 8.42. The van der Waals surface area contributed by atoms with Crippen molar-refractivity contribution in [1.82, 2.24) is 0 Å². The Balaban J connectivity index is 2.12. The van der Waals surface area contributed by atoms with Crippen LogP contribution in [0.2, 0.25) is 0 Å². The first-order chi connectivity index (χ1) is 9.63. The van der Waals surface area contributed by atoms with Crippen LogP contribution in [0.3, 0.4) is 0 Å². The van der Waals surface area contributed by atoms with Crippen LogP contribution in [0.25, 0.3) is 0 Å². The van der Waals surface area contributed by atoms with Crippen molar-refractivity contribution in [3.63, 3.8) is 0 Å². The van der Waals surface area contributed by atoms with Crippen molar-refractivity contribution < 1.29 is 0 Å². The SMILES string of the molecule is CCCCC[C@H](C)CCCCC(N)c1ccc(S)cc1. The van der Waals surface area contributed by atoms with Gasteiger partial charge in [-0.25, -0.2) is 0 Å². The fourth-order valence-corrected chi connectivity index (χ4v) is 2.78. The van der Waals surface area contributed by atoms with Crippen molar-refractivity contribution in [3.8, 4) is 0 Å². The molecule has 0 aromatic heterocycles. The maximum atomic E-state index is 6.24. The molecule has 0 aliphatic heterocycles. The van der Waals surface area contributed by atoms with E-state index in [-0.39, 0.29) is 6.04 Å². The van der Waals surface area contributed by atoms with Crippen LogP contribution in [0, 0.1) is 5.92 Å². The minimum atomic E-state index is 0.180. The molecule has 0 aliphatic rings. The number of nitrogens with two attached hydrogens (primary N) is 1. The second-order valence-corrected chi connectivity index (χ2v) is 6.60. The molecule has 1 nitrogen and oxygen atoms in total. The topological polar surface area (TPSA) is 26.0 Å². The first-order valence-corrected chi connectivity index (χ1v) is 8.62. The Morgan fingerprint density at radius 2 is 1.50 bits per heavy atom. The van der Waals surface area contributed by atoms with Crippen molar-refractivity contribution >= 4 is 12.6 Å². The van der Waals surface area contributed by atoms with E-state index in [0.717, 1.165) is 17.2 Å². The standard InChI is InChI=1S/C18H31NS/c1-3-4-5-8-15(2)9-6-7-10-18(19)16-11-13-17(20)14-12-16/h11-15,18,20H,3-10,19H2,1-2H3/t15-,18?/m0/s1. The zero-order valence-corrected chi connectivity index (χ0v) is 14.0. The maximum absolute atomic E-state index is 6.24. The molecule has 114 valence electrons. The number of unbranched alkanes of at least 4 members (excludes halogenated alkanes) is 3. The van der Waals surface area contributed by atoms with Crippen LogP contribution in [-0.4, -0.2) is 0 Å². The van der Waals surface area contributed by atoms with Crippen LogP contribution in [0.4, 0.5) is 0 Å². The third-order valence-electron chi connectivity index (χ3n) is 4.08. The normalized spacial score (nSPS) is 14.2. The summed E-state index contributed by atoms with van der Waals surface area (Å²) in [5, 5.41) is 0. The Morgan fingerprint density at radius 3 is 2.10 bits per heavy atom. The Bertz CT molecular complexity index is 347. The molecule has 1 unspecified atom stereocenters. The summed E-state index contributed by atoms with van der Waals surface area (Å²) >= 11 is 4.30. The Labute approximate surface area is 130 Å². The molecule has 2 heteroatoms.